The van der Waals surface area contributed by atoms with Gasteiger partial charge in [-0.05, 0) is 38.5 Å². The van der Waals surface area contributed by atoms with E-state index in [0.717, 1.165) is 64.2 Å². The molecule has 386 valence electrons. The normalized spacial score (nSPS) is 20.1. The first-order chi connectivity index (χ1) is 31.5. The molecule has 1 amide bonds. The molecule has 0 aliphatic carbocycles. The third-order valence-corrected chi connectivity index (χ3v) is 13.5. The Hall–Kier alpha value is -1.16. The lowest BCUT2D eigenvalue weighted by Crippen LogP contribution is -2.61. The van der Waals surface area contributed by atoms with Gasteiger partial charge in [-0.15, -0.1) is 0 Å². The van der Waals surface area contributed by atoms with Gasteiger partial charge >= 0.3 is 10.4 Å². The zero-order valence-electron chi connectivity index (χ0n) is 41.6. The highest BCUT2D eigenvalue weighted by molar-refractivity contribution is 7.80. The van der Waals surface area contributed by atoms with Gasteiger partial charge in [-0.1, -0.05) is 225 Å². The Bertz CT molecular complexity index is 1210. The zero-order chi connectivity index (χ0) is 47.6. The van der Waals surface area contributed by atoms with Crippen molar-refractivity contribution >= 4 is 16.3 Å². The molecular weight excluding hydrogens is 847 g/mol. The summed E-state index contributed by atoms with van der Waals surface area (Å²) in [4.78, 5) is 13.1. The van der Waals surface area contributed by atoms with E-state index >= 15 is 0 Å². The highest BCUT2D eigenvalue weighted by atomic mass is 32.3. The number of unbranched alkanes of at least 4 members (excludes halogenated alkanes) is 33. The van der Waals surface area contributed by atoms with Crippen LogP contribution in [0.2, 0.25) is 0 Å². The second-order valence-corrected chi connectivity index (χ2v) is 20.2. The first-order valence-corrected chi connectivity index (χ1v) is 28.4. The second kappa shape index (κ2) is 42.9. The highest BCUT2D eigenvalue weighted by Crippen LogP contribution is 2.26. The van der Waals surface area contributed by atoms with Gasteiger partial charge in [0.25, 0.3) is 0 Å². The van der Waals surface area contributed by atoms with E-state index in [4.69, 9.17) is 9.47 Å². The largest absolute Gasteiger partial charge is 0.397 e. The molecule has 0 spiro atoms. The lowest BCUT2D eigenvalue weighted by molar-refractivity contribution is -0.298. The molecule has 13 heteroatoms. The second-order valence-electron chi connectivity index (χ2n) is 19.2. The maximum Gasteiger partial charge on any atom is 0.397 e. The Morgan fingerprint density at radius 1 is 0.600 bits per heavy atom. The smallest absolute Gasteiger partial charge is 0.394 e. The molecule has 1 saturated heterocycles. The van der Waals surface area contributed by atoms with Crippen molar-refractivity contribution in [1.29, 1.82) is 0 Å². The Kier molecular flexibility index (Phi) is 40.8. The van der Waals surface area contributed by atoms with E-state index in [0.29, 0.717) is 12.8 Å². The highest BCUT2D eigenvalue weighted by Gasteiger charge is 2.48. The van der Waals surface area contributed by atoms with Crippen molar-refractivity contribution in [3.8, 4) is 0 Å². The average molecular weight is 948 g/mol. The quantitative estimate of drug-likeness (QED) is 0.0193. The molecule has 0 aromatic carbocycles. The monoisotopic (exact) mass is 948 g/mol. The number of aliphatic hydroxyl groups excluding tert-OH is 4. The first-order valence-electron chi connectivity index (χ1n) is 27.1. The third kappa shape index (κ3) is 35.6. The molecule has 12 nitrogen and oxygen atoms in total. The van der Waals surface area contributed by atoms with E-state index in [2.05, 4.69) is 35.5 Å². The van der Waals surface area contributed by atoms with E-state index in [1.165, 1.54) is 161 Å². The van der Waals surface area contributed by atoms with Gasteiger partial charge in [-0.25, -0.2) is 4.18 Å². The van der Waals surface area contributed by atoms with E-state index < -0.39 is 59.9 Å². The Morgan fingerprint density at radius 2 is 0.985 bits per heavy atom. The summed E-state index contributed by atoms with van der Waals surface area (Å²) in [7, 11) is -5.08. The summed E-state index contributed by atoms with van der Waals surface area (Å²) in [5.41, 5.74) is 0. The fraction of sp³-hybridized carbons (Fsp3) is 0.942. The maximum atomic E-state index is 13.1. The predicted octanol–water partition coefficient (Wildman–Crippen LogP) is 11.9. The predicted molar refractivity (Wildman–Crippen MR) is 264 cm³/mol. The van der Waals surface area contributed by atoms with E-state index in [1.54, 1.807) is 0 Å². The Labute approximate surface area is 398 Å². The molecule has 1 fully saturated rings. The van der Waals surface area contributed by atoms with Gasteiger partial charge in [0, 0.05) is 6.42 Å². The standard InChI is InChI=1S/C52H101NO11S/c1-3-5-7-9-11-13-15-17-19-21-22-23-24-25-26-27-29-31-33-35-37-39-41-46(55)45(44-62-52-50(58)51(64-65(59,60)61)49(57)47(43-54)63-52)53-48(56)42-40-38-36-34-32-30-28-20-18-16-14-12-10-8-6-4-2/h20,28,45-47,49-52,54-55,57-58H,3-19,21-27,29-44H2,1-2H3,(H,53,56)(H,59,60,61)/b28-20-. The van der Waals surface area contributed by atoms with Crippen LogP contribution in [0.1, 0.15) is 258 Å². The summed E-state index contributed by atoms with van der Waals surface area (Å²) in [5.74, 6) is -0.235. The molecule has 0 radical (unpaired) electrons. The van der Waals surface area contributed by atoms with Gasteiger partial charge in [0.1, 0.15) is 24.4 Å². The van der Waals surface area contributed by atoms with Gasteiger partial charge < -0.3 is 35.2 Å². The van der Waals surface area contributed by atoms with Crippen molar-refractivity contribution in [3.05, 3.63) is 12.2 Å². The molecule has 7 unspecified atom stereocenters. The minimum atomic E-state index is -5.08. The van der Waals surface area contributed by atoms with Gasteiger partial charge in [0.05, 0.1) is 25.4 Å². The average Bonchev–Trinajstić information content (AvgIpc) is 3.28. The van der Waals surface area contributed by atoms with Crippen LogP contribution in [-0.2, 0) is 28.9 Å². The molecule has 1 rings (SSSR count). The Morgan fingerprint density at radius 3 is 1.38 bits per heavy atom. The van der Waals surface area contributed by atoms with Crippen LogP contribution in [0.3, 0.4) is 0 Å². The van der Waals surface area contributed by atoms with E-state index in [1.807, 2.05) is 0 Å². The van der Waals surface area contributed by atoms with Crippen LogP contribution < -0.4 is 5.32 Å². The molecule has 0 bridgehead atoms. The number of amides is 1. The van der Waals surface area contributed by atoms with Crippen LogP contribution in [0.25, 0.3) is 0 Å². The van der Waals surface area contributed by atoms with Crippen LogP contribution >= 0.6 is 0 Å². The molecule has 1 aliphatic heterocycles. The number of allylic oxidation sites excluding steroid dienone is 2. The van der Waals surface area contributed by atoms with Crippen LogP contribution in [0.15, 0.2) is 12.2 Å². The zero-order valence-corrected chi connectivity index (χ0v) is 42.4. The lowest BCUT2D eigenvalue weighted by Gasteiger charge is -2.41. The fourth-order valence-corrected chi connectivity index (χ4v) is 9.38. The number of aliphatic hydroxyl groups is 4. The SMILES string of the molecule is CCCCCCCCC/C=C\CCCCCCCC(=O)NC(COC1OC(CO)C(O)C(OS(=O)(=O)O)C1O)C(O)CCCCCCCCCCCCCCCCCCCCCCCC. The molecule has 0 aromatic rings. The maximum absolute atomic E-state index is 13.1. The Balaban J connectivity index is 2.39. The van der Waals surface area contributed by atoms with Gasteiger partial charge in [0.15, 0.2) is 6.29 Å². The molecule has 0 saturated carbocycles. The van der Waals surface area contributed by atoms with Gasteiger partial charge in [0.2, 0.25) is 5.91 Å². The van der Waals surface area contributed by atoms with Gasteiger partial charge in [-0.3, -0.25) is 9.35 Å². The van der Waals surface area contributed by atoms with E-state index in [-0.39, 0.29) is 18.9 Å². The summed E-state index contributed by atoms with van der Waals surface area (Å²) in [6, 6.07) is -0.860. The molecule has 7 atom stereocenters. The minimum absolute atomic E-state index is 0.235. The number of ether oxygens (including phenoxy) is 2. The molecule has 1 aliphatic rings. The topological polar surface area (TPSA) is 192 Å². The number of rotatable bonds is 47. The first kappa shape index (κ1) is 61.9. The fourth-order valence-electron chi connectivity index (χ4n) is 8.87. The number of carbonyl (C=O) groups excluding carboxylic acids is 1. The summed E-state index contributed by atoms with van der Waals surface area (Å²) >= 11 is 0. The summed E-state index contributed by atoms with van der Waals surface area (Å²) in [6.07, 6.45) is 40.7. The summed E-state index contributed by atoms with van der Waals surface area (Å²) < 4.78 is 47.8. The number of hydrogen-bond donors (Lipinski definition) is 6. The molecule has 65 heavy (non-hydrogen) atoms. The van der Waals surface area contributed by atoms with Crippen molar-refractivity contribution in [3.63, 3.8) is 0 Å². The van der Waals surface area contributed by atoms with Crippen molar-refractivity contribution in [2.75, 3.05) is 13.2 Å². The van der Waals surface area contributed by atoms with Crippen LogP contribution in [-0.4, -0.2) is 95.4 Å². The van der Waals surface area contributed by atoms with Crippen molar-refractivity contribution in [2.45, 2.75) is 301 Å². The number of hydrogen-bond acceptors (Lipinski definition) is 10. The van der Waals surface area contributed by atoms with E-state index in [9.17, 15) is 38.2 Å². The lowest BCUT2D eigenvalue weighted by atomic mass is 9.99. The van der Waals surface area contributed by atoms with Crippen LogP contribution in [0, 0.1) is 0 Å². The number of nitrogens with one attached hydrogen (secondary N) is 1. The summed E-state index contributed by atoms with van der Waals surface area (Å²) in [6.45, 7) is 3.47. The van der Waals surface area contributed by atoms with Crippen LogP contribution in [0.5, 0.6) is 0 Å². The van der Waals surface area contributed by atoms with Crippen molar-refractivity contribution in [1.82, 2.24) is 5.32 Å². The molecule has 0 aromatic heterocycles. The van der Waals surface area contributed by atoms with Crippen molar-refractivity contribution in [2.24, 2.45) is 0 Å². The molecule has 1 heterocycles. The molecular formula is C52H101NO11S. The summed E-state index contributed by atoms with van der Waals surface area (Å²) in [5, 5.41) is 45.0. The van der Waals surface area contributed by atoms with Crippen LogP contribution in [0.4, 0.5) is 0 Å². The van der Waals surface area contributed by atoms with Crippen molar-refractivity contribution < 1.29 is 51.8 Å². The number of carbonyl (C=O) groups is 1. The minimum Gasteiger partial charge on any atom is -0.394 e. The third-order valence-electron chi connectivity index (χ3n) is 13.1. The van der Waals surface area contributed by atoms with Gasteiger partial charge in [-0.2, -0.15) is 8.42 Å². The molecule has 6 N–H and O–H groups in total.